The van der Waals surface area contributed by atoms with Crippen LogP contribution in [0.3, 0.4) is 0 Å². The van der Waals surface area contributed by atoms with E-state index < -0.39 is 10.0 Å². The highest BCUT2D eigenvalue weighted by atomic mass is 35.5. The van der Waals surface area contributed by atoms with Gasteiger partial charge in [0, 0.05) is 55.9 Å². The number of hydrogen-bond acceptors (Lipinski definition) is 4. The van der Waals surface area contributed by atoms with Crippen LogP contribution in [0.5, 0.6) is 0 Å². The number of anilines is 1. The Kier molecular flexibility index (Phi) is 6.95. The summed E-state index contributed by atoms with van der Waals surface area (Å²) in [6, 6.07) is 10.7. The molecule has 2 fully saturated rings. The minimum atomic E-state index is -3.77. The molecular weight excluding hydrogens is 476 g/mol. The highest BCUT2D eigenvalue weighted by molar-refractivity contribution is 7.89. The van der Waals surface area contributed by atoms with Crippen molar-refractivity contribution in [2.75, 3.05) is 44.2 Å². The zero-order valence-corrected chi connectivity index (χ0v) is 19.7. The molecule has 2 aromatic rings. The fraction of sp³-hybridized carbons (Fsp3) is 0.409. The third-order valence-corrected chi connectivity index (χ3v) is 8.71. The molecular formula is C22H24Cl2FN3O3S. The first-order valence-corrected chi connectivity index (χ1v) is 12.7. The molecule has 10 heteroatoms. The van der Waals surface area contributed by atoms with Gasteiger partial charge in [0.15, 0.2) is 0 Å². The Hall–Kier alpha value is -1.87. The molecule has 0 radical (unpaired) electrons. The van der Waals surface area contributed by atoms with Gasteiger partial charge in [0.05, 0.1) is 5.02 Å². The van der Waals surface area contributed by atoms with Crippen molar-refractivity contribution in [2.24, 2.45) is 5.92 Å². The number of carbonyl (C=O) groups is 1. The molecule has 2 aliphatic heterocycles. The minimum absolute atomic E-state index is 0.00615. The largest absolute Gasteiger partial charge is 0.368 e. The molecule has 2 heterocycles. The maximum Gasteiger partial charge on any atom is 0.244 e. The number of sulfonamides is 1. The number of halogens is 3. The molecule has 2 aliphatic rings. The highest BCUT2D eigenvalue weighted by Crippen LogP contribution is 2.31. The summed E-state index contributed by atoms with van der Waals surface area (Å²) in [7, 11) is -3.77. The molecule has 0 bridgehead atoms. The zero-order valence-electron chi connectivity index (χ0n) is 17.4. The average Bonchev–Trinajstić information content (AvgIpc) is 2.81. The SMILES string of the molecule is O=C(C1CCN(S(=O)(=O)c2cc(Cl)ccc2Cl)CC1)N1CCN(c2ccc(F)cc2)CC1. The second-order valence-corrected chi connectivity index (χ2v) is 10.8. The van der Waals surface area contributed by atoms with Crippen molar-refractivity contribution in [1.29, 1.82) is 0 Å². The molecule has 0 N–H and O–H groups in total. The van der Waals surface area contributed by atoms with Crippen LogP contribution >= 0.6 is 23.2 Å². The first-order valence-electron chi connectivity index (χ1n) is 10.5. The van der Waals surface area contributed by atoms with Crippen molar-refractivity contribution in [3.05, 3.63) is 58.3 Å². The van der Waals surface area contributed by atoms with Gasteiger partial charge in [0.1, 0.15) is 10.7 Å². The number of piperidine rings is 1. The normalized spacial score (nSPS) is 18.7. The second kappa shape index (κ2) is 9.55. The number of carbonyl (C=O) groups excluding carboxylic acids is 1. The zero-order chi connectivity index (χ0) is 22.9. The van der Waals surface area contributed by atoms with Crippen LogP contribution in [-0.4, -0.2) is 62.8 Å². The van der Waals surface area contributed by atoms with Gasteiger partial charge in [-0.3, -0.25) is 4.79 Å². The lowest BCUT2D eigenvalue weighted by atomic mass is 9.96. The topological polar surface area (TPSA) is 60.9 Å². The van der Waals surface area contributed by atoms with Crippen LogP contribution in [0.1, 0.15) is 12.8 Å². The van der Waals surface area contributed by atoms with E-state index in [1.165, 1.54) is 28.6 Å². The van der Waals surface area contributed by atoms with Crippen LogP contribution in [0, 0.1) is 11.7 Å². The number of nitrogens with zero attached hydrogens (tertiary/aromatic N) is 3. The van der Waals surface area contributed by atoms with Crippen LogP contribution in [0.15, 0.2) is 47.4 Å². The number of amides is 1. The van der Waals surface area contributed by atoms with E-state index >= 15 is 0 Å². The summed E-state index contributed by atoms with van der Waals surface area (Å²) in [5, 5.41) is 0.435. The van der Waals surface area contributed by atoms with E-state index in [4.69, 9.17) is 23.2 Å². The molecule has 0 spiro atoms. The number of benzene rings is 2. The van der Waals surface area contributed by atoms with Gasteiger partial charge in [-0.15, -0.1) is 0 Å². The van der Waals surface area contributed by atoms with Gasteiger partial charge in [-0.1, -0.05) is 23.2 Å². The predicted octanol–water partition coefficient (Wildman–Crippen LogP) is 3.88. The van der Waals surface area contributed by atoms with Crippen LogP contribution in [0.4, 0.5) is 10.1 Å². The Labute approximate surface area is 197 Å². The van der Waals surface area contributed by atoms with E-state index in [-0.39, 0.29) is 40.6 Å². The molecule has 0 aliphatic carbocycles. The third kappa shape index (κ3) is 4.88. The third-order valence-electron chi connectivity index (χ3n) is 6.10. The van der Waals surface area contributed by atoms with Gasteiger partial charge in [-0.05, 0) is 55.3 Å². The van der Waals surface area contributed by atoms with Crippen molar-refractivity contribution >= 4 is 44.8 Å². The monoisotopic (exact) mass is 499 g/mol. The maximum atomic E-state index is 13.1. The van der Waals surface area contributed by atoms with Crippen molar-refractivity contribution < 1.29 is 17.6 Å². The van der Waals surface area contributed by atoms with Gasteiger partial charge in [0.2, 0.25) is 15.9 Å². The molecule has 2 aromatic carbocycles. The van der Waals surface area contributed by atoms with E-state index in [2.05, 4.69) is 4.90 Å². The first-order chi connectivity index (χ1) is 15.3. The Balaban J connectivity index is 1.33. The molecule has 172 valence electrons. The number of rotatable bonds is 4. The first kappa shape index (κ1) is 23.3. The minimum Gasteiger partial charge on any atom is -0.368 e. The standard InChI is InChI=1S/C22H24Cl2FN3O3S/c23-17-1-6-20(24)21(15-17)32(30,31)28-9-7-16(8-10-28)22(29)27-13-11-26(12-14-27)19-4-2-18(25)3-5-19/h1-6,15-16H,7-14H2. The van der Waals surface area contributed by atoms with E-state index in [1.807, 2.05) is 4.90 Å². The fourth-order valence-electron chi connectivity index (χ4n) is 4.25. The van der Waals surface area contributed by atoms with E-state index in [0.717, 1.165) is 5.69 Å². The van der Waals surface area contributed by atoms with Crippen molar-refractivity contribution in [1.82, 2.24) is 9.21 Å². The molecule has 4 rings (SSSR count). The van der Waals surface area contributed by atoms with Gasteiger partial charge in [0.25, 0.3) is 0 Å². The smallest absolute Gasteiger partial charge is 0.244 e. The van der Waals surface area contributed by atoms with Crippen molar-refractivity contribution in [3.63, 3.8) is 0 Å². The summed E-state index contributed by atoms with van der Waals surface area (Å²) in [5.74, 6) is -0.399. The van der Waals surface area contributed by atoms with Crippen molar-refractivity contribution in [3.8, 4) is 0 Å². The summed E-state index contributed by atoms with van der Waals surface area (Å²) < 4.78 is 40.5. The Morgan fingerprint density at radius 2 is 1.53 bits per heavy atom. The second-order valence-electron chi connectivity index (χ2n) is 8.04. The average molecular weight is 500 g/mol. The summed E-state index contributed by atoms with van der Waals surface area (Å²) >= 11 is 12.1. The predicted molar refractivity (Wildman–Crippen MR) is 123 cm³/mol. The highest BCUT2D eigenvalue weighted by Gasteiger charge is 2.35. The molecule has 0 unspecified atom stereocenters. The Bertz CT molecular complexity index is 1080. The lowest BCUT2D eigenvalue weighted by Gasteiger charge is -2.39. The summed E-state index contributed by atoms with van der Waals surface area (Å²) in [6.07, 6.45) is 0.933. The van der Waals surface area contributed by atoms with Gasteiger partial charge < -0.3 is 9.80 Å². The molecule has 1 amide bonds. The van der Waals surface area contributed by atoms with Gasteiger partial charge in [-0.2, -0.15) is 4.31 Å². The fourth-order valence-corrected chi connectivity index (χ4v) is 6.46. The Morgan fingerprint density at radius 1 is 0.906 bits per heavy atom. The molecule has 6 nitrogen and oxygen atoms in total. The van der Waals surface area contributed by atoms with Gasteiger partial charge >= 0.3 is 0 Å². The van der Waals surface area contributed by atoms with Crippen LogP contribution in [-0.2, 0) is 14.8 Å². The summed E-state index contributed by atoms with van der Waals surface area (Å²) in [6.45, 7) is 3.06. The lowest BCUT2D eigenvalue weighted by Crippen LogP contribution is -2.52. The van der Waals surface area contributed by atoms with E-state index in [0.29, 0.717) is 44.0 Å². The van der Waals surface area contributed by atoms with Gasteiger partial charge in [-0.25, -0.2) is 12.8 Å². The molecule has 2 saturated heterocycles. The molecule has 0 saturated carbocycles. The van der Waals surface area contributed by atoms with Crippen LogP contribution in [0.2, 0.25) is 10.0 Å². The number of hydrogen-bond donors (Lipinski definition) is 0. The lowest BCUT2D eigenvalue weighted by molar-refractivity contribution is -0.137. The quantitative estimate of drug-likeness (QED) is 0.640. The van der Waals surface area contributed by atoms with Crippen LogP contribution in [0.25, 0.3) is 0 Å². The molecule has 0 atom stereocenters. The van der Waals surface area contributed by atoms with E-state index in [9.17, 15) is 17.6 Å². The number of piperazine rings is 1. The summed E-state index contributed by atoms with van der Waals surface area (Å²) in [5.41, 5.74) is 0.941. The van der Waals surface area contributed by atoms with Crippen LogP contribution < -0.4 is 4.90 Å². The Morgan fingerprint density at radius 3 is 2.16 bits per heavy atom. The molecule has 32 heavy (non-hydrogen) atoms. The molecule has 0 aromatic heterocycles. The van der Waals surface area contributed by atoms with Crippen molar-refractivity contribution in [2.45, 2.75) is 17.7 Å². The maximum absolute atomic E-state index is 13.1. The van der Waals surface area contributed by atoms with E-state index in [1.54, 1.807) is 18.2 Å². The summed E-state index contributed by atoms with van der Waals surface area (Å²) in [4.78, 5) is 17.0.